The molecule has 0 fully saturated rings. The van der Waals surface area contributed by atoms with Crippen LogP contribution in [0.15, 0.2) is 18.2 Å². The van der Waals surface area contributed by atoms with Crippen LogP contribution in [0.1, 0.15) is 25.8 Å². The van der Waals surface area contributed by atoms with Gasteiger partial charge in [0.2, 0.25) is 11.8 Å². The zero-order chi connectivity index (χ0) is 17.2. The Morgan fingerprint density at radius 2 is 1.83 bits per heavy atom. The minimum atomic E-state index is -0.205. The highest BCUT2D eigenvalue weighted by Gasteiger charge is 2.08. The monoisotopic (exact) mass is 322 g/mol. The summed E-state index contributed by atoms with van der Waals surface area (Å²) in [5.41, 5.74) is 0.955. The molecule has 1 rings (SSSR count). The van der Waals surface area contributed by atoms with Gasteiger partial charge in [-0.3, -0.25) is 9.59 Å². The third-order valence-electron chi connectivity index (χ3n) is 3.24. The summed E-state index contributed by atoms with van der Waals surface area (Å²) in [4.78, 5) is 23.2. The Morgan fingerprint density at radius 3 is 2.43 bits per heavy atom. The van der Waals surface area contributed by atoms with E-state index in [2.05, 4.69) is 10.6 Å². The fourth-order valence-corrected chi connectivity index (χ4v) is 2.10. The molecule has 1 aromatic rings. The fourth-order valence-electron chi connectivity index (χ4n) is 2.10. The average Bonchev–Trinajstić information content (AvgIpc) is 2.52. The lowest BCUT2D eigenvalue weighted by molar-refractivity contribution is -0.126. The zero-order valence-electron chi connectivity index (χ0n) is 14.3. The van der Waals surface area contributed by atoms with Crippen LogP contribution in [0, 0.1) is 5.92 Å². The van der Waals surface area contributed by atoms with Gasteiger partial charge in [-0.25, -0.2) is 0 Å². The van der Waals surface area contributed by atoms with Crippen LogP contribution in [0.25, 0.3) is 0 Å². The Balaban J connectivity index is 2.38. The predicted octanol–water partition coefficient (Wildman–Crippen LogP) is 1.52. The minimum absolute atomic E-state index is 0.000793. The summed E-state index contributed by atoms with van der Waals surface area (Å²) >= 11 is 0. The van der Waals surface area contributed by atoms with Gasteiger partial charge in [-0.05, 0) is 36.1 Å². The summed E-state index contributed by atoms with van der Waals surface area (Å²) in [6, 6.07) is 5.54. The van der Waals surface area contributed by atoms with Crippen LogP contribution < -0.4 is 20.1 Å². The number of ether oxygens (including phenoxy) is 2. The molecule has 0 atom stereocenters. The lowest BCUT2D eigenvalue weighted by Gasteiger charge is -2.11. The van der Waals surface area contributed by atoms with Crippen LogP contribution in [0.4, 0.5) is 0 Å². The summed E-state index contributed by atoms with van der Waals surface area (Å²) in [7, 11) is 3.21. The third kappa shape index (κ3) is 7.04. The van der Waals surface area contributed by atoms with E-state index in [9.17, 15) is 9.59 Å². The summed E-state index contributed by atoms with van der Waals surface area (Å²) in [6.45, 7) is 4.38. The van der Waals surface area contributed by atoms with Gasteiger partial charge in [-0.1, -0.05) is 13.8 Å². The van der Waals surface area contributed by atoms with E-state index in [1.165, 1.54) is 0 Å². The molecule has 0 aliphatic carbocycles. The molecule has 23 heavy (non-hydrogen) atoms. The molecule has 0 saturated carbocycles. The largest absolute Gasteiger partial charge is 0.497 e. The van der Waals surface area contributed by atoms with E-state index < -0.39 is 0 Å². The van der Waals surface area contributed by atoms with Crippen LogP contribution in [0.3, 0.4) is 0 Å². The second-order valence-corrected chi connectivity index (χ2v) is 5.65. The molecule has 2 amide bonds. The Labute approximate surface area is 137 Å². The van der Waals surface area contributed by atoms with E-state index in [4.69, 9.17) is 9.47 Å². The van der Waals surface area contributed by atoms with Crippen molar-refractivity contribution in [2.24, 2.45) is 5.92 Å². The van der Waals surface area contributed by atoms with Crippen LogP contribution in [0.2, 0.25) is 0 Å². The highest BCUT2D eigenvalue weighted by Crippen LogP contribution is 2.24. The zero-order valence-corrected chi connectivity index (χ0v) is 14.3. The molecule has 6 nitrogen and oxygen atoms in total. The third-order valence-corrected chi connectivity index (χ3v) is 3.24. The van der Waals surface area contributed by atoms with Gasteiger partial charge in [-0.15, -0.1) is 0 Å². The van der Waals surface area contributed by atoms with Crippen molar-refractivity contribution in [1.82, 2.24) is 10.6 Å². The average molecular weight is 322 g/mol. The molecule has 0 aliphatic rings. The maximum absolute atomic E-state index is 11.7. The smallest absolute Gasteiger partial charge is 0.239 e. The van der Waals surface area contributed by atoms with Crippen molar-refractivity contribution in [2.45, 2.75) is 26.7 Å². The van der Waals surface area contributed by atoms with Crippen molar-refractivity contribution in [1.29, 1.82) is 0 Å². The molecule has 0 aromatic heterocycles. The molecule has 0 bridgehead atoms. The normalized spacial score (nSPS) is 10.3. The van der Waals surface area contributed by atoms with Gasteiger partial charge in [0.1, 0.15) is 11.5 Å². The SMILES string of the molecule is COc1ccc(OC)c(CCNC(=O)CNC(=O)CC(C)C)c1. The van der Waals surface area contributed by atoms with Crippen molar-refractivity contribution in [3.63, 3.8) is 0 Å². The van der Waals surface area contributed by atoms with Gasteiger partial charge in [0, 0.05) is 13.0 Å². The van der Waals surface area contributed by atoms with E-state index in [0.29, 0.717) is 19.4 Å². The van der Waals surface area contributed by atoms with Crippen molar-refractivity contribution in [3.8, 4) is 11.5 Å². The van der Waals surface area contributed by atoms with Gasteiger partial charge in [0.15, 0.2) is 0 Å². The van der Waals surface area contributed by atoms with Gasteiger partial charge >= 0.3 is 0 Å². The number of amides is 2. The number of nitrogens with one attached hydrogen (secondary N) is 2. The van der Waals surface area contributed by atoms with Crippen molar-refractivity contribution < 1.29 is 19.1 Å². The molecular weight excluding hydrogens is 296 g/mol. The molecule has 0 spiro atoms. The van der Waals surface area contributed by atoms with E-state index in [0.717, 1.165) is 17.1 Å². The van der Waals surface area contributed by atoms with Gasteiger partial charge in [0.25, 0.3) is 0 Å². The number of carbonyl (C=O) groups excluding carboxylic acids is 2. The Hall–Kier alpha value is -2.24. The maximum atomic E-state index is 11.7. The summed E-state index contributed by atoms with van der Waals surface area (Å²) < 4.78 is 10.5. The molecule has 0 heterocycles. The van der Waals surface area contributed by atoms with Gasteiger partial charge in [-0.2, -0.15) is 0 Å². The maximum Gasteiger partial charge on any atom is 0.239 e. The van der Waals surface area contributed by atoms with Gasteiger partial charge in [0.05, 0.1) is 20.8 Å². The van der Waals surface area contributed by atoms with E-state index in [1.807, 2.05) is 32.0 Å². The topological polar surface area (TPSA) is 76.7 Å². The van der Waals surface area contributed by atoms with E-state index in [1.54, 1.807) is 14.2 Å². The first kappa shape index (κ1) is 18.8. The molecule has 0 saturated heterocycles. The molecular formula is C17H26N2O4. The first-order valence-corrected chi connectivity index (χ1v) is 7.70. The fraction of sp³-hybridized carbons (Fsp3) is 0.529. The number of benzene rings is 1. The second-order valence-electron chi connectivity index (χ2n) is 5.65. The molecule has 1 aromatic carbocycles. The number of rotatable bonds is 9. The molecule has 0 unspecified atom stereocenters. The number of methoxy groups -OCH3 is 2. The highest BCUT2D eigenvalue weighted by atomic mass is 16.5. The predicted molar refractivity (Wildman–Crippen MR) is 88.7 cm³/mol. The lowest BCUT2D eigenvalue weighted by Crippen LogP contribution is -2.38. The Kier molecular flexibility index (Phi) is 7.94. The summed E-state index contributed by atoms with van der Waals surface area (Å²) in [5.74, 6) is 1.46. The van der Waals surface area contributed by atoms with Crippen LogP contribution in [0.5, 0.6) is 11.5 Å². The number of hydrogen-bond acceptors (Lipinski definition) is 4. The van der Waals surface area contributed by atoms with Crippen LogP contribution >= 0.6 is 0 Å². The molecule has 128 valence electrons. The summed E-state index contributed by atoms with van der Waals surface area (Å²) in [6.07, 6.45) is 1.04. The molecule has 0 aliphatic heterocycles. The summed E-state index contributed by atoms with van der Waals surface area (Å²) in [5, 5.41) is 5.39. The first-order valence-electron chi connectivity index (χ1n) is 7.70. The van der Waals surface area contributed by atoms with E-state index >= 15 is 0 Å². The number of carbonyl (C=O) groups is 2. The Bertz CT molecular complexity index is 529. The number of hydrogen-bond donors (Lipinski definition) is 2. The second kappa shape index (κ2) is 9.71. The molecule has 2 N–H and O–H groups in total. The van der Waals surface area contributed by atoms with Crippen LogP contribution in [-0.2, 0) is 16.0 Å². The lowest BCUT2D eigenvalue weighted by atomic mass is 10.1. The first-order chi connectivity index (χ1) is 11.0. The quantitative estimate of drug-likeness (QED) is 0.723. The van der Waals surface area contributed by atoms with Crippen LogP contribution in [-0.4, -0.2) is 39.1 Å². The standard InChI is InChI=1S/C17H26N2O4/c1-12(2)9-16(20)19-11-17(21)18-8-7-13-10-14(22-3)5-6-15(13)23-4/h5-6,10,12H,7-9,11H2,1-4H3,(H,18,21)(H,19,20). The van der Waals surface area contributed by atoms with Gasteiger partial charge < -0.3 is 20.1 Å². The van der Waals surface area contributed by atoms with Crippen molar-refractivity contribution in [2.75, 3.05) is 27.3 Å². The minimum Gasteiger partial charge on any atom is -0.497 e. The molecule has 6 heteroatoms. The molecule has 0 radical (unpaired) electrons. The van der Waals surface area contributed by atoms with E-state index in [-0.39, 0.29) is 24.3 Å². The van der Waals surface area contributed by atoms with Crippen molar-refractivity contribution >= 4 is 11.8 Å². The van der Waals surface area contributed by atoms with Crippen molar-refractivity contribution in [3.05, 3.63) is 23.8 Å². The Morgan fingerprint density at radius 1 is 1.09 bits per heavy atom. The highest BCUT2D eigenvalue weighted by molar-refractivity contribution is 5.84.